The first-order valence-electron chi connectivity index (χ1n) is 11.0. The maximum atomic E-state index is 11.6. The third-order valence-corrected chi connectivity index (χ3v) is 6.54. The summed E-state index contributed by atoms with van der Waals surface area (Å²) in [6.45, 7) is 3.85. The number of ether oxygens (including phenoxy) is 1. The Morgan fingerprint density at radius 2 is 2.19 bits per heavy atom. The largest absolute Gasteiger partial charge is 0.385 e. The van der Waals surface area contributed by atoms with E-state index in [-0.39, 0.29) is 35.8 Å². The van der Waals surface area contributed by atoms with E-state index in [0.29, 0.717) is 18.5 Å². The molecule has 0 bridgehead atoms. The van der Waals surface area contributed by atoms with Crippen LogP contribution in [0.4, 0.5) is 5.82 Å². The number of amides is 1. The van der Waals surface area contributed by atoms with Crippen LogP contribution < -0.4 is 21.3 Å². The number of piperidine rings is 1. The minimum atomic E-state index is -0.224. The molecule has 0 radical (unpaired) electrons. The van der Waals surface area contributed by atoms with Gasteiger partial charge in [0.1, 0.15) is 5.82 Å². The van der Waals surface area contributed by atoms with Gasteiger partial charge in [-0.2, -0.15) is 0 Å². The summed E-state index contributed by atoms with van der Waals surface area (Å²) in [7, 11) is 3.56. The molecule has 1 aromatic heterocycles. The first kappa shape index (κ1) is 25.6. The average molecular weight is 544 g/mol. The van der Waals surface area contributed by atoms with Gasteiger partial charge in [0.15, 0.2) is 5.96 Å². The maximum Gasteiger partial charge on any atom is 0.222 e. The monoisotopic (exact) mass is 544 g/mol. The Morgan fingerprint density at radius 3 is 2.84 bits per heavy atom. The smallest absolute Gasteiger partial charge is 0.222 e. The molecular formula is C22H37IN6O2. The molecule has 2 fully saturated rings. The van der Waals surface area contributed by atoms with Crippen LogP contribution in [0.3, 0.4) is 0 Å². The number of carbonyl (C=O) groups excluding carboxylic acids is 1. The van der Waals surface area contributed by atoms with Gasteiger partial charge in [-0.25, -0.2) is 4.98 Å². The Bertz CT molecular complexity index is 740. The first-order valence-corrected chi connectivity index (χ1v) is 11.0. The fourth-order valence-corrected chi connectivity index (χ4v) is 4.44. The van der Waals surface area contributed by atoms with Crippen LogP contribution >= 0.6 is 24.0 Å². The van der Waals surface area contributed by atoms with E-state index in [4.69, 9.17) is 10.5 Å². The van der Waals surface area contributed by atoms with Crippen molar-refractivity contribution in [3.8, 4) is 0 Å². The number of methoxy groups -OCH3 is 1. The summed E-state index contributed by atoms with van der Waals surface area (Å²) in [5, 5.41) is 6.93. The second-order valence-corrected chi connectivity index (χ2v) is 8.55. The van der Waals surface area contributed by atoms with Gasteiger partial charge in [0.05, 0.1) is 5.92 Å². The van der Waals surface area contributed by atoms with Crippen molar-refractivity contribution in [2.45, 2.75) is 45.1 Å². The highest BCUT2D eigenvalue weighted by Gasteiger charge is 2.36. The van der Waals surface area contributed by atoms with Crippen molar-refractivity contribution in [2.75, 3.05) is 45.3 Å². The van der Waals surface area contributed by atoms with Crippen molar-refractivity contribution >= 4 is 41.7 Å². The molecule has 174 valence electrons. The predicted molar refractivity (Wildman–Crippen MR) is 135 cm³/mol. The Hall–Kier alpha value is -1.62. The van der Waals surface area contributed by atoms with Crippen molar-refractivity contribution in [3.63, 3.8) is 0 Å². The fourth-order valence-electron chi connectivity index (χ4n) is 4.44. The number of nitrogens with zero attached hydrogens (tertiary/aromatic N) is 3. The number of guanidine groups is 1. The van der Waals surface area contributed by atoms with Crippen molar-refractivity contribution < 1.29 is 9.53 Å². The van der Waals surface area contributed by atoms with Crippen molar-refractivity contribution in [2.24, 2.45) is 22.1 Å². The quantitative estimate of drug-likeness (QED) is 0.250. The van der Waals surface area contributed by atoms with Crippen LogP contribution in [0, 0.1) is 11.3 Å². The van der Waals surface area contributed by atoms with E-state index >= 15 is 0 Å². The predicted octanol–water partition coefficient (Wildman–Crippen LogP) is 2.27. The van der Waals surface area contributed by atoms with Crippen molar-refractivity contribution in [1.82, 2.24) is 15.6 Å². The number of rotatable bonds is 9. The highest BCUT2D eigenvalue weighted by Crippen LogP contribution is 2.43. The number of primary amides is 1. The zero-order valence-corrected chi connectivity index (χ0v) is 21.1. The topological polar surface area (TPSA) is 105 Å². The molecule has 1 saturated carbocycles. The molecule has 1 aliphatic carbocycles. The second kappa shape index (κ2) is 12.4. The molecule has 9 heteroatoms. The lowest BCUT2D eigenvalue weighted by Gasteiger charge is -2.42. The van der Waals surface area contributed by atoms with Crippen LogP contribution in [-0.4, -0.2) is 57.2 Å². The molecule has 3 rings (SSSR count). The van der Waals surface area contributed by atoms with Gasteiger partial charge in [0.2, 0.25) is 5.91 Å². The number of halogens is 1. The standard InChI is InChI=1S/C22H36N6O2.HI/c1-24-21(27-16-22(8-5-9-22)10-13-30-2)26-14-17-6-3-11-25-20(17)28-12-4-7-18(15-28)19(23)29;/h3,6,11,18H,4-5,7-10,12-16H2,1-2H3,(H2,23,29)(H2,24,26,27);1H. The number of aliphatic imine (C=N–C) groups is 1. The number of anilines is 1. The summed E-state index contributed by atoms with van der Waals surface area (Å²) in [5.41, 5.74) is 6.96. The van der Waals surface area contributed by atoms with Crippen LogP contribution in [0.2, 0.25) is 0 Å². The molecule has 2 heterocycles. The lowest BCUT2D eigenvalue weighted by atomic mass is 9.67. The molecule has 1 unspecified atom stereocenters. The molecule has 31 heavy (non-hydrogen) atoms. The minimum Gasteiger partial charge on any atom is -0.385 e. The molecule has 8 nitrogen and oxygen atoms in total. The van der Waals surface area contributed by atoms with E-state index in [1.165, 1.54) is 19.3 Å². The number of pyridine rings is 1. The van der Waals surface area contributed by atoms with E-state index in [1.807, 2.05) is 6.07 Å². The minimum absolute atomic E-state index is 0. The Morgan fingerprint density at radius 1 is 1.39 bits per heavy atom. The lowest BCUT2D eigenvalue weighted by Crippen LogP contribution is -2.47. The summed E-state index contributed by atoms with van der Waals surface area (Å²) < 4.78 is 5.29. The molecule has 1 amide bonds. The Kier molecular flexibility index (Phi) is 10.3. The molecule has 1 atom stereocenters. The van der Waals surface area contributed by atoms with E-state index in [0.717, 1.165) is 56.3 Å². The maximum absolute atomic E-state index is 11.6. The van der Waals surface area contributed by atoms with Gasteiger partial charge in [-0.1, -0.05) is 12.5 Å². The number of aromatic nitrogens is 1. The first-order chi connectivity index (χ1) is 14.6. The van der Waals surface area contributed by atoms with E-state index < -0.39 is 0 Å². The van der Waals surface area contributed by atoms with E-state index in [9.17, 15) is 4.79 Å². The summed E-state index contributed by atoms with van der Waals surface area (Å²) in [6.07, 6.45) is 8.45. The van der Waals surface area contributed by atoms with E-state index in [2.05, 4.69) is 31.6 Å². The lowest BCUT2D eigenvalue weighted by molar-refractivity contribution is -0.122. The van der Waals surface area contributed by atoms with Crippen molar-refractivity contribution in [3.05, 3.63) is 23.9 Å². The van der Waals surface area contributed by atoms with Gasteiger partial charge in [0, 0.05) is 58.7 Å². The average Bonchev–Trinajstić information content (AvgIpc) is 2.75. The zero-order chi connectivity index (χ0) is 21.4. The summed E-state index contributed by atoms with van der Waals surface area (Å²) in [6, 6.07) is 4.02. The highest BCUT2D eigenvalue weighted by molar-refractivity contribution is 14.0. The molecule has 4 N–H and O–H groups in total. The molecule has 0 spiro atoms. The molecule has 1 aromatic rings. The Balaban J connectivity index is 0.00000341. The third-order valence-electron chi connectivity index (χ3n) is 6.54. The normalized spacial score (nSPS) is 20.4. The van der Waals surface area contributed by atoms with Crippen molar-refractivity contribution in [1.29, 1.82) is 0 Å². The van der Waals surface area contributed by atoms with Gasteiger partial charge in [-0.3, -0.25) is 9.79 Å². The SMILES string of the molecule is CN=C(NCc1cccnc1N1CCCC(C(N)=O)C1)NCC1(CCOC)CCC1.I. The van der Waals surface area contributed by atoms with Crippen LogP contribution in [0.25, 0.3) is 0 Å². The summed E-state index contributed by atoms with van der Waals surface area (Å²) in [4.78, 5) is 22.8. The van der Waals surface area contributed by atoms with Crippen LogP contribution in [-0.2, 0) is 16.1 Å². The number of hydrogen-bond donors (Lipinski definition) is 3. The summed E-state index contributed by atoms with van der Waals surface area (Å²) in [5.74, 6) is 1.38. The second-order valence-electron chi connectivity index (χ2n) is 8.55. The molecule has 2 aliphatic rings. The molecule has 1 aliphatic heterocycles. The highest BCUT2D eigenvalue weighted by atomic mass is 127. The van der Waals surface area contributed by atoms with Gasteiger partial charge in [-0.15, -0.1) is 24.0 Å². The zero-order valence-electron chi connectivity index (χ0n) is 18.7. The number of nitrogens with one attached hydrogen (secondary N) is 2. The van der Waals surface area contributed by atoms with Crippen LogP contribution in [0.15, 0.2) is 23.3 Å². The van der Waals surface area contributed by atoms with Gasteiger partial charge in [0.25, 0.3) is 0 Å². The third kappa shape index (κ3) is 6.93. The van der Waals surface area contributed by atoms with Crippen LogP contribution in [0.5, 0.6) is 0 Å². The molecule has 1 saturated heterocycles. The summed E-state index contributed by atoms with van der Waals surface area (Å²) >= 11 is 0. The van der Waals surface area contributed by atoms with Crippen LogP contribution in [0.1, 0.15) is 44.1 Å². The van der Waals surface area contributed by atoms with E-state index in [1.54, 1.807) is 20.4 Å². The fraction of sp³-hybridized carbons (Fsp3) is 0.682. The van der Waals surface area contributed by atoms with Gasteiger partial charge < -0.3 is 26.0 Å². The Labute approximate surface area is 202 Å². The number of hydrogen-bond acceptors (Lipinski definition) is 5. The number of nitrogens with two attached hydrogens (primary N) is 1. The van der Waals surface area contributed by atoms with Gasteiger partial charge >= 0.3 is 0 Å². The molecular weight excluding hydrogens is 507 g/mol. The van der Waals surface area contributed by atoms with Gasteiger partial charge in [-0.05, 0) is 43.6 Å². The number of carbonyl (C=O) groups is 1. The molecule has 0 aromatic carbocycles.